The Morgan fingerprint density at radius 2 is 2.00 bits per heavy atom. The monoisotopic (exact) mass is 297 g/mol. The van der Waals surface area contributed by atoms with Gasteiger partial charge in [0.15, 0.2) is 11.6 Å². The number of methoxy groups -OCH3 is 1. The Morgan fingerprint density at radius 1 is 1.29 bits per heavy atom. The highest BCUT2D eigenvalue weighted by Gasteiger charge is 2.05. The van der Waals surface area contributed by atoms with Gasteiger partial charge < -0.3 is 15.2 Å². The fourth-order valence-corrected chi connectivity index (χ4v) is 1.86. The zero-order valence-electron chi connectivity index (χ0n) is 12.0. The van der Waals surface area contributed by atoms with E-state index in [9.17, 15) is 14.0 Å². The molecule has 0 saturated carbocycles. The third-order valence-electron chi connectivity index (χ3n) is 3.00. The number of rotatable bonds is 9. The molecule has 1 aromatic carbocycles. The van der Waals surface area contributed by atoms with Crippen molar-refractivity contribution in [3.63, 3.8) is 0 Å². The molecule has 0 aliphatic carbocycles. The van der Waals surface area contributed by atoms with Crippen LogP contribution in [0.4, 0.5) is 4.39 Å². The molecule has 0 unspecified atom stereocenters. The van der Waals surface area contributed by atoms with E-state index in [1.807, 2.05) is 0 Å². The fourth-order valence-electron chi connectivity index (χ4n) is 1.86. The molecule has 0 aromatic heterocycles. The lowest BCUT2D eigenvalue weighted by molar-refractivity contribution is -0.137. The molecular formula is C15H20FNO4. The van der Waals surface area contributed by atoms with Gasteiger partial charge in [0.25, 0.3) is 0 Å². The van der Waals surface area contributed by atoms with Crippen LogP contribution in [-0.4, -0.2) is 30.6 Å². The number of ether oxygens (including phenoxy) is 1. The minimum Gasteiger partial charge on any atom is -0.494 e. The second-order valence-electron chi connectivity index (χ2n) is 4.67. The Labute approximate surface area is 123 Å². The first-order valence-corrected chi connectivity index (χ1v) is 6.84. The molecule has 0 radical (unpaired) electrons. The highest BCUT2D eigenvalue weighted by Crippen LogP contribution is 2.17. The summed E-state index contributed by atoms with van der Waals surface area (Å²) in [5.74, 6) is -1.19. The molecule has 0 aliphatic heterocycles. The van der Waals surface area contributed by atoms with Gasteiger partial charge in [-0.25, -0.2) is 4.39 Å². The number of aliphatic carboxylic acids is 1. The van der Waals surface area contributed by atoms with Crippen molar-refractivity contribution in [1.29, 1.82) is 0 Å². The predicted octanol–water partition coefficient (Wildman–Crippen LogP) is 2.14. The van der Waals surface area contributed by atoms with Crippen LogP contribution in [0.15, 0.2) is 18.2 Å². The molecule has 1 amide bonds. The van der Waals surface area contributed by atoms with Crippen LogP contribution >= 0.6 is 0 Å². The lowest BCUT2D eigenvalue weighted by Gasteiger charge is -2.07. The van der Waals surface area contributed by atoms with E-state index < -0.39 is 11.8 Å². The fraction of sp³-hybridized carbons (Fsp3) is 0.467. The Bertz CT molecular complexity index is 491. The van der Waals surface area contributed by atoms with Gasteiger partial charge in [0, 0.05) is 19.4 Å². The highest BCUT2D eigenvalue weighted by molar-refractivity contribution is 5.75. The van der Waals surface area contributed by atoms with E-state index in [4.69, 9.17) is 9.84 Å². The number of amides is 1. The smallest absolute Gasteiger partial charge is 0.303 e. The van der Waals surface area contributed by atoms with Gasteiger partial charge in [-0.1, -0.05) is 6.07 Å². The van der Waals surface area contributed by atoms with Crippen LogP contribution in [0.5, 0.6) is 5.75 Å². The molecule has 21 heavy (non-hydrogen) atoms. The number of nitrogens with one attached hydrogen (secondary N) is 1. The van der Waals surface area contributed by atoms with Gasteiger partial charge >= 0.3 is 5.97 Å². The molecule has 0 spiro atoms. The van der Waals surface area contributed by atoms with E-state index in [0.717, 1.165) is 5.56 Å². The molecule has 5 nitrogen and oxygen atoms in total. The largest absolute Gasteiger partial charge is 0.494 e. The van der Waals surface area contributed by atoms with E-state index in [1.54, 1.807) is 12.1 Å². The van der Waals surface area contributed by atoms with Gasteiger partial charge in [0.05, 0.1) is 7.11 Å². The minimum atomic E-state index is -0.850. The van der Waals surface area contributed by atoms with E-state index >= 15 is 0 Å². The number of carboxylic acids is 1. The second-order valence-corrected chi connectivity index (χ2v) is 4.67. The van der Waals surface area contributed by atoms with Crippen LogP contribution in [0.2, 0.25) is 0 Å². The normalized spacial score (nSPS) is 10.2. The number of benzene rings is 1. The van der Waals surface area contributed by atoms with Crippen molar-refractivity contribution in [3.8, 4) is 5.75 Å². The maximum absolute atomic E-state index is 13.4. The minimum absolute atomic E-state index is 0.0818. The van der Waals surface area contributed by atoms with E-state index in [1.165, 1.54) is 13.2 Å². The maximum atomic E-state index is 13.4. The summed E-state index contributed by atoms with van der Waals surface area (Å²) in [5, 5.41) is 11.2. The van der Waals surface area contributed by atoms with Crippen molar-refractivity contribution < 1.29 is 23.8 Å². The van der Waals surface area contributed by atoms with Crippen LogP contribution in [0.3, 0.4) is 0 Å². The molecular weight excluding hydrogens is 277 g/mol. The molecule has 1 rings (SSSR count). The lowest BCUT2D eigenvalue weighted by atomic mass is 10.1. The van der Waals surface area contributed by atoms with Gasteiger partial charge in [0.2, 0.25) is 5.91 Å². The molecule has 6 heteroatoms. The average molecular weight is 297 g/mol. The van der Waals surface area contributed by atoms with Crippen LogP contribution in [0, 0.1) is 5.82 Å². The van der Waals surface area contributed by atoms with Gasteiger partial charge in [-0.15, -0.1) is 0 Å². The van der Waals surface area contributed by atoms with E-state index in [-0.39, 0.29) is 18.1 Å². The summed E-state index contributed by atoms with van der Waals surface area (Å²) in [6.45, 7) is 0.420. The van der Waals surface area contributed by atoms with Crippen molar-refractivity contribution in [2.24, 2.45) is 0 Å². The number of hydrogen-bond acceptors (Lipinski definition) is 3. The second kappa shape index (κ2) is 8.94. The standard InChI is InChI=1S/C15H20FNO4/c1-21-13-7-6-11(10-12(13)16)8-9-17-14(18)4-2-3-5-15(19)20/h6-7,10H,2-5,8-9H2,1H3,(H,17,18)(H,19,20). The number of carbonyl (C=O) groups excluding carboxylic acids is 1. The predicted molar refractivity (Wildman–Crippen MR) is 75.8 cm³/mol. The van der Waals surface area contributed by atoms with Crippen LogP contribution < -0.4 is 10.1 Å². The summed E-state index contributed by atoms with van der Waals surface area (Å²) in [7, 11) is 1.41. The average Bonchev–Trinajstić information content (AvgIpc) is 2.43. The number of hydrogen-bond donors (Lipinski definition) is 2. The first kappa shape index (κ1) is 16.9. The Kier molecular flexibility index (Phi) is 7.21. The number of carboxylic acid groups (broad SMARTS) is 1. The number of carbonyl (C=O) groups is 2. The van der Waals surface area contributed by atoms with Crippen LogP contribution in [0.25, 0.3) is 0 Å². The summed E-state index contributed by atoms with van der Waals surface area (Å²) in [5.41, 5.74) is 0.777. The summed E-state index contributed by atoms with van der Waals surface area (Å²) < 4.78 is 18.3. The summed E-state index contributed by atoms with van der Waals surface area (Å²) in [6, 6.07) is 4.69. The van der Waals surface area contributed by atoms with Crippen LogP contribution in [-0.2, 0) is 16.0 Å². The third-order valence-corrected chi connectivity index (χ3v) is 3.00. The van der Waals surface area contributed by atoms with Gasteiger partial charge in [0.1, 0.15) is 0 Å². The topological polar surface area (TPSA) is 75.6 Å². The van der Waals surface area contributed by atoms with E-state index in [2.05, 4.69) is 5.32 Å². The number of unbranched alkanes of at least 4 members (excludes halogenated alkanes) is 1. The Morgan fingerprint density at radius 3 is 2.62 bits per heavy atom. The molecule has 0 fully saturated rings. The molecule has 0 saturated heterocycles. The first-order valence-electron chi connectivity index (χ1n) is 6.84. The van der Waals surface area contributed by atoms with Crippen molar-refractivity contribution in [2.45, 2.75) is 32.1 Å². The molecule has 2 N–H and O–H groups in total. The van der Waals surface area contributed by atoms with Crippen LogP contribution in [0.1, 0.15) is 31.2 Å². The van der Waals surface area contributed by atoms with Crippen molar-refractivity contribution >= 4 is 11.9 Å². The lowest BCUT2D eigenvalue weighted by Crippen LogP contribution is -2.25. The third kappa shape index (κ3) is 6.74. The quantitative estimate of drug-likeness (QED) is 0.685. The summed E-state index contributed by atoms with van der Waals surface area (Å²) in [4.78, 5) is 21.8. The SMILES string of the molecule is COc1ccc(CCNC(=O)CCCCC(=O)O)cc1F. The van der Waals surface area contributed by atoms with Gasteiger partial charge in [-0.3, -0.25) is 9.59 Å². The maximum Gasteiger partial charge on any atom is 0.303 e. The molecule has 0 atom stereocenters. The summed E-state index contributed by atoms with van der Waals surface area (Å²) >= 11 is 0. The zero-order chi connectivity index (χ0) is 15.7. The Balaban J connectivity index is 2.22. The Hall–Kier alpha value is -2.11. The van der Waals surface area contributed by atoms with Crippen molar-refractivity contribution in [3.05, 3.63) is 29.6 Å². The summed E-state index contributed by atoms with van der Waals surface area (Å²) in [6.07, 6.45) is 1.96. The number of halogens is 1. The van der Waals surface area contributed by atoms with Crippen molar-refractivity contribution in [2.75, 3.05) is 13.7 Å². The molecule has 0 heterocycles. The molecule has 116 valence electrons. The molecule has 0 aliphatic rings. The molecule has 0 bridgehead atoms. The first-order chi connectivity index (χ1) is 10.0. The highest BCUT2D eigenvalue weighted by atomic mass is 19.1. The molecule has 1 aromatic rings. The van der Waals surface area contributed by atoms with Gasteiger partial charge in [-0.05, 0) is 37.0 Å². The van der Waals surface area contributed by atoms with E-state index in [0.29, 0.717) is 32.2 Å². The van der Waals surface area contributed by atoms with Gasteiger partial charge in [-0.2, -0.15) is 0 Å². The van der Waals surface area contributed by atoms with Crippen molar-refractivity contribution in [1.82, 2.24) is 5.32 Å². The zero-order valence-corrected chi connectivity index (χ0v) is 12.0.